The second kappa shape index (κ2) is 10.0. The zero-order chi connectivity index (χ0) is 32.1. The lowest BCUT2D eigenvalue weighted by molar-refractivity contribution is -0.172. The van der Waals surface area contributed by atoms with E-state index in [2.05, 4.69) is 52.7 Å². The van der Waals surface area contributed by atoms with E-state index in [9.17, 15) is 14.7 Å². The summed E-state index contributed by atoms with van der Waals surface area (Å²) in [5.41, 5.74) is 3.18. The van der Waals surface area contributed by atoms with Gasteiger partial charge in [-0.2, -0.15) is 0 Å². The normalized spacial score (nSPS) is 22.7. The number of cyclic esters (lactones) is 1. The summed E-state index contributed by atoms with van der Waals surface area (Å²) in [5.74, 6) is -1.05. The third-order valence-electron chi connectivity index (χ3n) is 11.2. The Hall–Kier alpha value is -2.92. The van der Waals surface area contributed by atoms with E-state index >= 15 is 4.39 Å². The Kier molecular flexibility index (Phi) is 7.09. The van der Waals surface area contributed by atoms with Crippen molar-refractivity contribution in [1.29, 1.82) is 0 Å². The first-order valence-electron chi connectivity index (χ1n) is 15.6. The summed E-state index contributed by atoms with van der Waals surface area (Å²) in [4.78, 5) is 33.9. The number of carbonyl (C=O) groups excluding carboxylic acids is 1. The molecule has 3 aliphatic rings. The Morgan fingerprint density at radius 1 is 1.20 bits per heavy atom. The highest BCUT2D eigenvalue weighted by Gasteiger charge is 2.47. The quantitative estimate of drug-likeness (QED) is 0.220. The smallest absolute Gasteiger partial charge is 0.343 e. The molecule has 2 aliphatic heterocycles. The predicted octanol–water partition coefficient (Wildman–Crippen LogP) is 5.64. The van der Waals surface area contributed by atoms with Crippen molar-refractivity contribution in [2.45, 2.75) is 103 Å². The Labute approximate surface area is 259 Å². The van der Waals surface area contributed by atoms with Gasteiger partial charge in [-0.1, -0.05) is 27.7 Å². The lowest BCUT2D eigenvalue weighted by Crippen LogP contribution is -2.48. The fourth-order valence-corrected chi connectivity index (χ4v) is 8.11. The van der Waals surface area contributed by atoms with Crippen molar-refractivity contribution in [3.63, 3.8) is 0 Å². The zero-order valence-electron chi connectivity index (χ0n) is 27.4. The van der Waals surface area contributed by atoms with Crippen LogP contribution < -0.4 is 5.56 Å². The minimum Gasteiger partial charge on any atom is -0.458 e. The molecule has 0 saturated carbocycles. The first-order chi connectivity index (χ1) is 20.5. The Morgan fingerprint density at radius 3 is 2.57 bits per heavy atom. The molecule has 2 atom stereocenters. The van der Waals surface area contributed by atoms with E-state index < -0.39 is 25.4 Å². The van der Waals surface area contributed by atoms with E-state index in [0.29, 0.717) is 48.6 Å². The molecule has 44 heavy (non-hydrogen) atoms. The van der Waals surface area contributed by atoms with Crippen LogP contribution in [0.4, 0.5) is 4.39 Å². The third kappa shape index (κ3) is 4.28. The van der Waals surface area contributed by atoms with Gasteiger partial charge in [-0.3, -0.25) is 9.69 Å². The molecular weight excluding hydrogens is 577 g/mol. The number of hydrogen-bond acceptors (Lipinski definition) is 7. The van der Waals surface area contributed by atoms with Crippen molar-refractivity contribution < 1.29 is 23.5 Å². The number of likely N-dealkylation sites (N-methyl/N-ethyl adjacent to an activating group) is 1. The van der Waals surface area contributed by atoms with Gasteiger partial charge < -0.3 is 18.8 Å². The first kappa shape index (κ1) is 31.1. The minimum atomic E-state index is -1.94. The summed E-state index contributed by atoms with van der Waals surface area (Å²) in [5, 5.41) is 12.4. The number of carbonyl (C=O) groups is 1. The summed E-state index contributed by atoms with van der Waals surface area (Å²) < 4.78 is 28.8. The first-order valence-corrected chi connectivity index (χ1v) is 18.5. The molecule has 1 aliphatic carbocycles. The number of benzene rings is 1. The molecule has 0 unspecified atom stereocenters. The van der Waals surface area contributed by atoms with Gasteiger partial charge in [0.1, 0.15) is 12.4 Å². The number of fused-ring (bicyclic) bond motifs is 5. The lowest BCUT2D eigenvalue weighted by Gasteiger charge is -2.45. The van der Waals surface area contributed by atoms with Gasteiger partial charge >= 0.3 is 5.97 Å². The summed E-state index contributed by atoms with van der Waals surface area (Å²) in [6.07, 6.45) is 1.55. The van der Waals surface area contributed by atoms with Crippen LogP contribution in [-0.4, -0.2) is 54.0 Å². The van der Waals surface area contributed by atoms with E-state index in [0.717, 1.165) is 28.5 Å². The van der Waals surface area contributed by atoms with Crippen LogP contribution in [0.5, 0.6) is 0 Å². The number of aromatic nitrogens is 2. The van der Waals surface area contributed by atoms with Crippen molar-refractivity contribution in [3.05, 3.63) is 61.7 Å². The number of halogens is 1. The second-order valence-corrected chi connectivity index (χ2v) is 19.4. The van der Waals surface area contributed by atoms with E-state index in [1.54, 1.807) is 17.6 Å². The average molecular weight is 622 g/mol. The SMILES string of the molecule is CC[C@@]1(O)C(=O)OCc2c1cc1n(c2=O)Cc2c-1nc1cc(F)c(C)c3c1c2[C@@](C)(N(C)CCO[Si](C)(C)C(C)(C)C)CC3. The molecule has 0 amide bonds. The number of aliphatic hydroxyl groups is 1. The maximum atomic E-state index is 15.3. The number of esters is 1. The molecule has 1 N–H and O–H groups in total. The number of aryl methyl sites for hydroxylation is 1. The number of hydrogen-bond donors (Lipinski definition) is 1. The topological polar surface area (TPSA) is 93.9 Å². The number of pyridine rings is 2. The molecule has 2 aromatic heterocycles. The molecule has 0 saturated heterocycles. The molecule has 8 nitrogen and oxygen atoms in total. The van der Waals surface area contributed by atoms with Crippen LogP contribution in [0.2, 0.25) is 18.1 Å². The third-order valence-corrected chi connectivity index (χ3v) is 15.8. The van der Waals surface area contributed by atoms with Gasteiger partial charge in [0.2, 0.25) is 0 Å². The van der Waals surface area contributed by atoms with Crippen LogP contribution >= 0.6 is 0 Å². The highest BCUT2D eigenvalue weighted by atomic mass is 28.4. The van der Waals surface area contributed by atoms with Crippen molar-refractivity contribution in [2.24, 2.45) is 0 Å². The largest absolute Gasteiger partial charge is 0.458 e. The summed E-state index contributed by atoms with van der Waals surface area (Å²) in [7, 11) is 0.181. The monoisotopic (exact) mass is 621 g/mol. The van der Waals surface area contributed by atoms with Gasteiger partial charge in [0.05, 0.1) is 29.0 Å². The van der Waals surface area contributed by atoms with Gasteiger partial charge in [0.15, 0.2) is 13.9 Å². The van der Waals surface area contributed by atoms with Gasteiger partial charge in [-0.05, 0) is 81.0 Å². The van der Waals surface area contributed by atoms with Crippen LogP contribution in [0.3, 0.4) is 0 Å². The molecule has 1 aromatic carbocycles. The van der Waals surface area contributed by atoms with Crippen LogP contribution in [0.25, 0.3) is 22.3 Å². The molecular formula is C34H44FN3O5Si. The summed E-state index contributed by atoms with van der Waals surface area (Å²) >= 11 is 0. The minimum absolute atomic E-state index is 0.0681. The fourth-order valence-electron chi connectivity index (χ4n) is 7.07. The molecule has 4 heterocycles. The fraction of sp³-hybridized carbons (Fsp3) is 0.559. The zero-order valence-corrected chi connectivity index (χ0v) is 28.4. The van der Waals surface area contributed by atoms with E-state index in [1.165, 1.54) is 6.07 Å². The molecule has 0 fully saturated rings. The molecule has 6 rings (SSSR count). The number of rotatable bonds is 6. The standard InChI is InChI=1S/C34H44FN3O5Si/c1-10-34(41)23-15-26-29-21(17-38(26)30(39)22(23)18-42-31(34)40)28-27-20(19(2)24(35)16-25(27)36-29)11-12-33(28,6)37(7)13-14-43-44(8,9)32(3,4)5/h15-16,41H,10-14,17-18H2,1-9H3/t33-,34-/m0/s1. The molecule has 236 valence electrons. The Balaban J connectivity index is 1.53. The van der Waals surface area contributed by atoms with Crippen molar-refractivity contribution in [1.82, 2.24) is 14.5 Å². The molecule has 0 bridgehead atoms. The van der Waals surface area contributed by atoms with Crippen LogP contribution in [0, 0.1) is 12.7 Å². The van der Waals surface area contributed by atoms with Crippen molar-refractivity contribution in [3.8, 4) is 11.4 Å². The molecule has 3 aromatic rings. The molecule has 10 heteroatoms. The highest BCUT2D eigenvalue weighted by Crippen LogP contribution is 2.50. The lowest BCUT2D eigenvalue weighted by atomic mass is 9.73. The second-order valence-electron chi connectivity index (χ2n) is 14.6. The molecule has 0 radical (unpaired) electrons. The van der Waals surface area contributed by atoms with E-state index in [1.807, 2.05) is 6.92 Å². The maximum absolute atomic E-state index is 15.3. The predicted molar refractivity (Wildman–Crippen MR) is 171 cm³/mol. The van der Waals surface area contributed by atoms with Gasteiger partial charge in [-0.25, -0.2) is 14.2 Å². The van der Waals surface area contributed by atoms with Gasteiger partial charge in [0, 0.05) is 41.3 Å². The van der Waals surface area contributed by atoms with Crippen LogP contribution in [0.15, 0.2) is 16.9 Å². The average Bonchev–Trinajstić information content (AvgIpc) is 3.32. The van der Waals surface area contributed by atoms with Gasteiger partial charge in [0.25, 0.3) is 5.56 Å². The van der Waals surface area contributed by atoms with Crippen molar-refractivity contribution >= 4 is 25.2 Å². The van der Waals surface area contributed by atoms with E-state index in [-0.39, 0.29) is 40.6 Å². The van der Waals surface area contributed by atoms with Crippen LogP contribution in [-0.2, 0) is 44.7 Å². The van der Waals surface area contributed by atoms with E-state index in [4.69, 9.17) is 14.1 Å². The van der Waals surface area contributed by atoms with Crippen LogP contribution in [0.1, 0.15) is 80.8 Å². The maximum Gasteiger partial charge on any atom is 0.343 e. The number of nitrogens with zero attached hydrogens (tertiary/aromatic N) is 3. The Morgan fingerprint density at radius 2 is 1.91 bits per heavy atom. The molecule has 0 spiro atoms. The van der Waals surface area contributed by atoms with Gasteiger partial charge in [-0.15, -0.1) is 0 Å². The summed E-state index contributed by atoms with van der Waals surface area (Å²) in [6.45, 7) is 18.4. The number of ether oxygens (including phenoxy) is 1. The Bertz CT molecular complexity index is 1790. The summed E-state index contributed by atoms with van der Waals surface area (Å²) in [6, 6.07) is 3.23. The van der Waals surface area contributed by atoms with Crippen molar-refractivity contribution in [2.75, 3.05) is 20.2 Å². The highest BCUT2D eigenvalue weighted by molar-refractivity contribution is 6.74.